The van der Waals surface area contributed by atoms with E-state index in [9.17, 15) is 9.59 Å². The SMILES string of the molecule is CCOc1ccccc1C(=O)NCc1cccc(NC(=O)C2CC2)c1. The van der Waals surface area contributed by atoms with Crippen LogP contribution in [0.5, 0.6) is 5.75 Å². The zero-order chi connectivity index (χ0) is 17.6. The molecule has 5 nitrogen and oxygen atoms in total. The van der Waals surface area contributed by atoms with Crippen LogP contribution in [0.15, 0.2) is 48.5 Å². The second-order valence-corrected chi connectivity index (χ2v) is 6.08. The predicted molar refractivity (Wildman–Crippen MR) is 96.6 cm³/mol. The van der Waals surface area contributed by atoms with Gasteiger partial charge in [-0.2, -0.15) is 0 Å². The third-order valence-electron chi connectivity index (χ3n) is 4.03. The molecular weight excluding hydrogens is 316 g/mol. The van der Waals surface area contributed by atoms with E-state index in [1.54, 1.807) is 12.1 Å². The predicted octanol–water partition coefficient (Wildman–Crippen LogP) is 3.36. The van der Waals surface area contributed by atoms with Gasteiger partial charge < -0.3 is 15.4 Å². The molecule has 0 bridgehead atoms. The van der Waals surface area contributed by atoms with Crippen molar-refractivity contribution in [2.45, 2.75) is 26.3 Å². The lowest BCUT2D eigenvalue weighted by Crippen LogP contribution is -2.23. The van der Waals surface area contributed by atoms with Crippen molar-refractivity contribution in [2.24, 2.45) is 5.92 Å². The van der Waals surface area contributed by atoms with Gasteiger partial charge in [0, 0.05) is 18.2 Å². The Balaban J connectivity index is 1.61. The minimum atomic E-state index is -0.184. The van der Waals surface area contributed by atoms with E-state index in [1.807, 2.05) is 43.3 Å². The van der Waals surface area contributed by atoms with Gasteiger partial charge >= 0.3 is 0 Å². The van der Waals surface area contributed by atoms with Gasteiger partial charge in [0.05, 0.1) is 12.2 Å². The number of rotatable bonds is 7. The number of carbonyl (C=O) groups is 2. The van der Waals surface area contributed by atoms with E-state index in [1.165, 1.54) is 0 Å². The summed E-state index contributed by atoms with van der Waals surface area (Å²) < 4.78 is 5.49. The monoisotopic (exact) mass is 338 g/mol. The van der Waals surface area contributed by atoms with Crippen LogP contribution in [-0.2, 0) is 11.3 Å². The van der Waals surface area contributed by atoms with Crippen LogP contribution in [0.25, 0.3) is 0 Å². The minimum Gasteiger partial charge on any atom is -0.493 e. The number of ether oxygens (including phenoxy) is 1. The summed E-state index contributed by atoms with van der Waals surface area (Å²) in [4.78, 5) is 24.3. The molecule has 2 amide bonds. The number of anilines is 1. The van der Waals surface area contributed by atoms with Crippen molar-refractivity contribution in [2.75, 3.05) is 11.9 Å². The number of hydrogen-bond acceptors (Lipinski definition) is 3. The lowest BCUT2D eigenvalue weighted by atomic mass is 10.1. The Morgan fingerprint density at radius 2 is 1.92 bits per heavy atom. The lowest BCUT2D eigenvalue weighted by Gasteiger charge is -2.11. The molecule has 1 aliphatic rings. The maximum atomic E-state index is 12.4. The van der Waals surface area contributed by atoms with E-state index in [0.29, 0.717) is 24.5 Å². The Hall–Kier alpha value is -2.82. The summed E-state index contributed by atoms with van der Waals surface area (Å²) in [7, 11) is 0. The van der Waals surface area contributed by atoms with Crippen molar-refractivity contribution in [1.29, 1.82) is 0 Å². The van der Waals surface area contributed by atoms with Crippen LogP contribution < -0.4 is 15.4 Å². The van der Waals surface area contributed by atoms with Gasteiger partial charge in [-0.15, -0.1) is 0 Å². The molecule has 0 spiro atoms. The highest BCUT2D eigenvalue weighted by Gasteiger charge is 2.29. The highest BCUT2D eigenvalue weighted by Crippen LogP contribution is 2.30. The van der Waals surface area contributed by atoms with Gasteiger partial charge in [-0.05, 0) is 49.6 Å². The Labute approximate surface area is 147 Å². The van der Waals surface area contributed by atoms with Crippen molar-refractivity contribution in [1.82, 2.24) is 5.32 Å². The van der Waals surface area contributed by atoms with Gasteiger partial charge in [-0.25, -0.2) is 0 Å². The molecule has 0 atom stereocenters. The fraction of sp³-hybridized carbons (Fsp3) is 0.300. The number of carbonyl (C=O) groups excluding carboxylic acids is 2. The maximum absolute atomic E-state index is 12.4. The molecule has 3 rings (SSSR count). The molecule has 0 radical (unpaired) electrons. The zero-order valence-electron chi connectivity index (χ0n) is 14.2. The van der Waals surface area contributed by atoms with Crippen LogP contribution in [0.3, 0.4) is 0 Å². The van der Waals surface area contributed by atoms with Crippen LogP contribution in [0.2, 0.25) is 0 Å². The summed E-state index contributed by atoms with van der Waals surface area (Å²) in [5.74, 6) is 0.634. The van der Waals surface area contributed by atoms with E-state index in [2.05, 4.69) is 10.6 Å². The molecule has 130 valence electrons. The third-order valence-corrected chi connectivity index (χ3v) is 4.03. The molecule has 1 fully saturated rings. The number of hydrogen-bond donors (Lipinski definition) is 2. The van der Waals surface area contributed by atoms with Crippen LogP contribution in [-0.4, -0.2) is 18.4 Å². The fourth-order valence-electron chi connectivity index (χ4n) is 2.56. The number of benzene rings is 2. The van der Waals surface area contributed by atoms with E-state index in [4.69, 9.17) is 4.74 Å². The zero-order valence-corrected chi connectivity index (χ0v) is 14.2. The Morgan fingerprint density at radius 3 is 2.68 bits per heavy atom. The van der Waals surface area contributed by atoms with Crippen molar-refractivity contribution in [3.63, 3.8) is 0 Å². The van der Waals surface area contributed by atoms with E-state index in [-0.39, 0.29) is 17.7 Å². The first-order valence-corrected chi connectivity index (χ1v) is 8.57. The topological polar surface area (TPSA) is 67.4 Å². The second-order valence-electron chi connectivity index (χ2n) is 6.08. The van der Waals surface area contributed by atoms with Crippen LogP contribution in [0, 0.1) is 5.92 Å². The summed E-state index contributed by atoms with van der Waals surface area (Å²) in [6.45, 7) is 2.77. The quantitative estimate of drug-likeness (QED) is 0.813. The largest absolute Gasteiger partial charge is 0.493 e. The lowest BCUT2D eigenvalue weighted by molar-refractivity contribution is -0.117. The first-order chi connectivity index (χ1) is 12.2. The van der Waals surface area contributed by atoms with Crippen LogP contribution in [0.1, 0.15) is 35.7 Å². The molecule has 2 aromatic carbocycles. The number of para-hydroxylation sites is 1. The first kappa shape index (κ1) is 17.0. The molecule has 2 N–H and O–H groups in total. The summed E-state index contributed by atoms with van der Waals surface area (Å²) in [6.07, 6.45) is 1.95. The Bertz CT molecular complexity index is 769. The molecule has 0 heterocycles. The molecule has 1 aliphatic carbocycles. The smallest absolute Gasteiger partial charge is 0.255 e. The third kappa shape index (κ3) is 4.59. The molecule has 0 unspecified atom stereocenters. The van der Waals surface area contributed by atoms with Gasteiger partial charge in [-0.3, -0.25) is 9.59 Å². The Morgan fingerprint density at radius 1 is 1.12 bits per heavy atom. The molecule has 0 aliphatic heterocycles. The maximum Gasteiger partial charge on any atom is 0.255 e. The summed E-state index contributed by atoms with van der Waals surface area (Å²) >= 11 is 0. The summed E-state index contributed by atoms with van der Waals surface area (Å²) in [5, 5.41) is 5.82. The van der Waals surface area contributed by atoms with Gasteiger partial charge in [0.2, 0.25) is 5.91 Å². The molecular formula is C20H22N2O3. The highest BCUT2D eigenvalue weighted by atomic mass is 16.5. The summed E-state index contributed by atoms with van der Waals surface area (Å²) in [6, 6.07) is 14.7. The standard InChI is InChI=1S/C20H22N2O3/c1-2-25-18-9-4-3-8-17(18)20(24)21-13-14-6-5-7-16(12-14)22-19(23)15-10-11-15/h3-9,12,15H,2,10-11,13H2,1H3,(H,21,24)(H,22,23). The molecule has 0 saturated heterocycles. The van der Waals surface area contributed by atoms with E-state index >= 15 is 0 Å². The van der Waals surface area contributed by atoms with Gasteiger partial charge in [0.1, 0.15) is 5.75 Å². The number of amides is 2. The normalized spacial score (nSPS) is 13.2. The molecule has 2 aromatic rings. The van der Waals surface area contributed by atoms with Gasteiger partial charge in [-0.1, -0.05) is 24.3 Å². The van der Waals surface area contributed by atoms with Crippen LogP contribution in [0.4, 0.5) is 5.69 Å². The van der Waals surface area contributed by atoms with Crippen molar-refractivity contribution >= 4 is 17.5 Å². The molecule has 5 heteroatoms. The second kappa shape index (κ2) is 7.83. The highest BCUT2D eigenvalue weighted by molar-refractivity contribution is 5.97. The van der Waals surface area contributed by atoms with Crippen molar-refractivity contribution in [3.8, 4) is 5.75 Å². The van der Waals surface area contributed by atoms with Gasteiger partial charge in [0.15, 0.2) is 0 Å². The van der Waals surface area contributed by atoms with Gasteiger partial charge in [0.25, 0.3) is 5.91 Å². The van der Waals surface area contributed by atoms with E-state index in [0.717, 1.165) is 24.1 Å². The summed E-state index contributed by atoms with van der Waals surface area (Å²) in [5.41, 5.74) is 2.21. The number of nitrogens with one attached hydrogen (secondary N) is 2. The van der Waals surface area contributed by atoms with Crippen LogP contribution >= 0.6 is 0 Å². The molecule has 25 heavy (non-hydrogen) atoms. The minimum absolute atomic E-state index is 0.0758. The fourth-order valence-corrected chi connectivity index (χ4v) is 2.56. The van der Waals surface area contributed by atoms with Crippen molar-refractivity contribution in [3.05, 3.63) is 59.7 Å². The van der Waals surface area contributed by atoms with Crippen molar-refractivity contribution < 1.29 is 14.3 Å². The van der Waals surface area contributed by atoms with E-state index < -0.39 is 0 Å². The first-order valence-electron chi connectivity index (χ1n) is 8.57. The Kier molecular flexibility index (Phi) is 5.33. The molecule has 0 aromatic heterocycles. The average Bonchev–Trinajstić information content (AvgIpc) is 3.46. The molecule has 1 saturated carbocycles. The average molecular weight is 338 g/mol.